The average molecular weight is 279 g/mol. The maximum absolute atomic E-state index is 9.44. The van der Waals surface area contributed by atoms with E-state index in [0.29, 0.717) is 12.0 Å². The third kappa shape index (κ3) is 3.87. The van der Waals surface area contributed by atoms with Gasteiger partial charge in [-0.05, 0) is 36.5 Å². The summed E-state index contributed by atoms with van der Waals surface area (Å²) in [6.07, 6.45) is 4.74. The first-order valence-electron chi connectivity index (χ1n) is 7.33. The van der Waals surface area contributed by atoms with Gasteiger partial charge in [-0.2, -0.15) is 0 Å². The molecule has 0 heterocycles. The lowest BCUT2D eigenvalue weighted by Crippen LogP contribution is -2.39. The highest BCUT2D eigenvalue weighted by Gasteiger charge is 2.23. The standard InChI is InChI=1S/C16H25NO3/c1-19-14-7-12(8-15(9-14)20-2)10-17-16-6-4-3-5-13(16)11-18/h7-9,13,16-18H,3-6,10-11H2,1-2H3. The van der Waals surface area contributed by atoms with Crippen molar-refractivity contribution < 1.29 is 14.6 Å². The smallest absolute Gasteiger partial charge is 0.122 e. The molecule has 1 aliphatic rings. The minimum atomic E-state index is 0.277. The van der Waals surface area contributed by atoms with Crippen molar-refractivity contribution in [3.63, 3.8) is 0 Å². The van der Waals surface area contributed by atoms with Crippen LogP contribution < -0.4 is 14.8 Å². The summed E-state index contributed by atoms with van der Waals surface area (Å²) in [6, 6.07) is 6.32. The van der Waals surface area contributed by atoms with E-state index < -0.39 is 0 Å². The predicted molar refractivity (Wildman–Crippen MR) is 79.2 cm³/mol. The highest BCUT2D eigenvalue weighted by molar-refractivity contribution is 5.38. The van der Waals surface area contributed by atoms with Crippen LogP contribution in [0.15, 0.2) is 18.2 Å². The van der Waals surface area contributed by atoms with E-state index in [-0.39, 0.29) is 6.61 Å². The van der Waals surface area contributed by atoms with Gasteiger partial charge in [0.2, 0.25) is 0 Å². The Balaban J connectivity index is 1.98. The van der Waals surface area contributed by atoms with E-state index in [9.17, 15) is 5.11 Å². The molecular formula is C16H25NO3. The van der Waals surface area contributed by atoms with Gasteiger partial charge in [-0.25, -0.2) is 0 Å². The molecule has 4 nitrogen and oxygen atoms in total. The Hall–Kier alpha value is -1.26. The van der Waals surface area contributed by atoms with E-state index in [1.54, 1.807) is 14.2 Å². The Morgan fingerprint density at radius 1 is 1.10 bits per heavy atom. The largest absolute Gasteiger partial charge is 0.497 e. The molecule has 0 saturated heterocycles. The molecule has 0 aliphatic heterocycles. The van der Waals surface area contributed by atoms with Crippen molar-refractivity contribution in [3.05, 3.63) is 23.8 Å². The number of nitrogens with one attached hydrogen (secondary N) is 1. The Morgan fingerprint density at radius 3 is 2.35 bits per heavy atom. The van der Waals surface area contributed by atoms with Crippen molar-refractivity contribution in [2.75, 3.05) is 20.8 Å². The number of aliphatic hydroxyl groups is 1. The Morgan fingerprint density at radius 2 is 1.75 bits per heavy atom. The second-order valence-corrected chi connectivity index (χ2v) is 5.44. The molecule has 2 unspecified atom stereocenters. The molecule has 20 heavy (non-hydrogen) atoms. The Labute approximate surface area is 121 Å². The van der Waals surface area contributed by atoms with Crippen LogP contribution >= 0.6 is 0 Å². The van der Waals surface area contributed by atoms with Crippen molar-refractivity contribution >= 4 is 0 Å². The number of ether oxygens (including phenoxy) is 2. The van der Waals surface area contributed by atoms with Crippen molar-refractivity contribution in [1.82, 2.24) is 5.32 Å². The van der Waals surface area contributed by atoms with Crippen molar-refractivity contribution in [2.24, 2.45) is 5.92 Å². The summed E-state index contributed by atoms with van der Waals surface area (Å²) in [5, 5.41) is 13.0. The van der Waals surface area contributed by atoms with Crippen LogP contribution in [0.3, 0.4) is 0 Å². The van der Waals surface area contributed by atoms with Gasteiger partial charge >= 0.3 is 0 Å². The van der Waals surface area contributed by atoms with Crippen LogP contribution in [-0.4, -0.2) is 32.0 Å². The average Bonchev–Trinajstić information content (AvgIpc) is 2.52. The van der Waals surface area contributed by atoms with Gasteiger partial charge in [0.05, 0.1) is 14.2 Å². The molecule has 2 atom stereocenters. The van der Waals surface area contributed by atoms with Crippen LogP contribution in [-0.2, 0) is 6.54 Å². The molecule has 1 aliphatic carbocycles. The zero-order chi connectivity index (χ0) is 14.4. The minimum absolute atomic E-state index is 0.277. The van der Waals surface area contributed by atoms with Crippen molar-refractivity contribution in [1.29, 1.82) is 0 Å². The number of hydrogen-bond donors (Lipinski definition) is 2. The second-order valence-electron chi connectivity index (χ2n) is 5.44. The molecule has 1 aromatic rings. The maximum Gasteiger partial charge on any atom is 0.122 e. The summed E-state index contributed by atoms with van der Waals surface area (Å²) in [5.74, 6) is 2.00. The minimum Gasteiger partial charge on any atom is -0.497 e. The van der Waals surface area contributed by atoms with E-state index in [0.717, 1.165) is 36.4 Å². The first-order chi connectivity index (χ1) is 9.76. The third-order valence-corrected chi connectivity index (χ3v) is 4.12. The van der Waals surface area contributed by atoms with E-state index in [1.165, 1.54) is 12.8 Å². The number of aliphatic hydroxyl groups excluding tert-OH is 1. The molecule has 4 heteroatoms. The molecular weight excluding hydrogens is 254 g/mol. The van der Waals surface area contributed by atoms with Gasteiger partial charge in [0, 0.05) is 25.3 Å². The molecule has 0 radical (unpaired) electrons. The third-order valence-electron chi connectivity index (χ3n) is 4.12. The lowest BCUT2D eigenvalue weighted by atomic mass is 9.85. The van der Waals surface area contributed by atoms with Gasteiger partial charge in [-0.15, -0.1) is 0 Å². The summed E-state index contributed by atoms with van der Waals surface area (Å²) in [7, 11) is 3.32. The molecule has 1 saturated carbocycles. The quantitative estimate of drug-likeness (QED) is 0.839. The number of methoxy groups -OCH3 is 2. The summed E-state index contributed by atoms with van der Waals surface area (Å²) >= 11 is 0. The van der Waals surface area contributed by atoms with Crippen molar-refractivity contribution in [2.45, 2.75) is 38.3 Å². The highest BCUT2D eigenvalue weighted by atomic mass is 16.5. The summed E-state index contributed by atoms with van der Waals surface area (Å²) in [5.41, 5.74) is 1.14. The van der Waals surface area contributed by atoms with E-state index in [4.69, 9.17) is 9.47 Å². The maximum atomic E-state index is 9.44. The Bertz CT molecular complexity index is 400. The fraction of sp³-hybridized carbons (Fsp3) is 0.625. The van der Waals surface area contributed by atoms with Crippen LogP contribution in [0.5, 0.6) is 11.5 Å². The molecule has 0 amide bonds. The van der Waals surface area contributed by atoms with Crippen LogP contribution in [0.25, 0.3) is 0 Å². The number of rotatable bonds is 6. The van der Waals surface area contributed by atoms with Crippen LogP contribution in [0, 0.1) is 5.92 Å². The van der Waals surface area contributed by atoms with E-state index in [1.807, 2.05) is 18.2 Å². The zero-order valence-electron chi connectivity index (χ0n) is 12.4. The number of hydrogen-bond acceptors (Lipinski definition) is 4. The van der Waals surface area contributed by atoms with E-state index >= 15 is 0 Å². The normalized spacial score (nSPS) is 22.6. The molecule has 1 aromatic carbocycles. The van der Waals surface area contributed by atoms with Gasteiger partial charge < -0.3 is 19.9 Å². The van der Waals surface area contributed by atoms with Crippen LogP contribution in [0.4, 0.5) is 0 Å². The molecule has 1 fully saturated rings. The SMILES string of the molecule is COc1cc(CNC2CCCCC2CO)cc(OC)c1. The fourth-order valence-corrected chi connectivity index (χ4v) is 2.91. The second kappa shape index (κ2) is 7.50. The first kappa shape index (κ1) is 15.1. The molecule has 0 bridgehead atoms. The highest BCUT2D eigenvalue weighted by Crippen LogP contribution is 2.26. The van der Waals surface area contributed by atoms with E-state index in [2.05, 4.69) is 5.32 Å². The van der Waals surface area contributed by atoms with Gasteiger partial charge in [0.25, 0.3) is 0 Å². The van der Waals surface area contributed by atoms with Crippen LogP contribution in [0.1, 0.15) is 31.2 Å². The summed E-state index contributed by atoms with van der Waals surface area (Å²) < 4.78 is 10.6. The monoisotopic (exact) mass is 279 g/mol. The fourth-order valence-electron chi connectivity index (χ4n) is 2.91. The Kier molecular flexibility index (Phi) is 5.68. The lowest BCUT2D eigenvalue weighted by molar-refractivity contribution is 0.152. The zero-order valence-corrected chi connectivity index (χ0v) is 12.4. The van der Waals surface area contributed by atoms with Gasteiger partial charge in [0.15, 0.2) is 0 Å². The summed E-state index contributed by atoms with van der Waals surface area (Å²) in [6.45, 7) is 1.05. The molecule has 2 rings (SSSR count). The molecule has 0 spiro atoms. The van der Waals surface area contributed by atoms with Crippen molar-refractivity contribution in [3.8, 4) is 11.5 Å². The summed E-state index contributed by atoms with van der Waals surface area (Å²) in [4.78, 5) is 0. The number of benzene rings is 1. The van der Waals surface area contributed by atoms with Gasteiger partial charge in [0.1, 0.15) is 11.5 Å². The van der Waals surface area contributed by atoms with Crippen LogP contribution in [0.2, 0.25) is 0 Å². The van der Waals surface area contributed by atoms with Gasteiger partial charge in [-0.1, -0.05) is 12.8 Å². The topological polar surface area (TPSA) is 50.7 Å². The molecule has 0 aromatic heterocycles. The lowest BCUT2D eigenvalue weighted by Gasteiger charge is -2.31. The molecule has 2 N–H and O–H groups in total. The molecule has 112 valence electrons. The predicted octanol–water partition coefficient (Wildman–Crippen LogP) is 2.34. The first-order valence-corrected chi connectivity index (χ1v) is 7.33. The van der Waals surface area contributed by atoms with Gasteiger partial charge in [-0.3, -0.25) is 0 Å².